The van der Waals surface area contributed by atoms with Crippen LogP contribution in [0.2, 0.25) is 0 Å². The minimum Gasteiger partial charge on any atom is -0.441 e. The maximum atomic E-state index is 13.5. The van der Waals surface area contributed by atoms with Gasteiger partial charge in [0.1, 0.15) is 11.4 Å². The Kier molecular flexibility index (Phi) is 5.92. The predicted molar refractivity (Wildman–Crippen MR) is 129 cm³/mol. The molecule has 3 aromatic rings. The summed E-state index contributed by atoms with van der Waals surface area (Å²) in [6.07, 6.45) is 1.52. The number of carbonyl (C=O) groups is 2. The summed E-state index contributed by atoms with van der Waals surface area (Å²) < 4.78 is 19.2. The lowest BCUT2D eigenvalue weighted by molar-refractivity contribution is 0.0439. The monoisotopic (exact) mass is 459 g/mol. The van der Waals surface area contributed by atoms with Gasteiger partial charge < -0.3 is 15.0 Å². The summed E-state index contributed by atoms with van der Waals surface area (Å²) in [5.41, 5.74) is 2.24. The summed E-state index contributed by atoms with van der Waals surface area (Å²) in [7, 11) is 0. The van der Waals surface area contributed by atoms with Crippen LogP contribution in [0.25, 0.3) is 0 Å². The van der Waals surface area contributed by atoms with Gasteiger partial charge in [-0.3, -0.25) is 9.69 Å². The van der Waals surface area contributed by atoms with Gasteiger partial charge >= 0.3 is 6.09 Å². The van der Waals surface area contributed by atoms with Crippen LogP contribution in [0.4, 0.5) is 26.2 Å². The van der Waals surface area contributed by atoms with E-state index in [0.717, 1.165) is 17.8 Å². The number of rotatable bonds is 4. The van der Waals surface area contributed by atoms with Gasteiger partial charge in [-0.1, -0.05) is 30.3 Å². The molecule has 2 aliphatic heterocycles. The zero-order valence-electron chi connectivity index (χ0n) is 18.7. The summed E-state index contributed by atoms with van der Waals surface area (Å²) in [6.45, 7) is 1.48. The maximum absolute atomic E-state index is 13.5. The quantitative estimate of drug-likeness (QED) is 0.552. The number of nitrogens with zero attached hydrogens (tertiary/aromatic N) is 2. The molecule has 1 N–H and O–H groups in total. The van der Waals surface area contributed by atoms with Crippen molar-refractivity contribution >= 4 is 29.1 Å². The fraction of sp³-hybridized carbons (Fsp3) is 0.259. The summed E-state index contributed by atoms with van der Waals surface area (Å²) in [6, 6.07) is 23.1. The largest absolute Gasteiger partial charge is 0.441 e. The molecular formula is C27H26FN3O3. The number of anilines is 3. The summed E-state index contributed by atoms with van der Waals surface area (Å²) in [5, 5.41) is 3.34. The van der Waals surface area contributed by atoms with E-state index in [0.29, 0.717) is 43.7 Å². The second-order valence-corrected chi connectivity index (χ2v) is 8.80. The van der Waals surface area contributed by atoms with Gasteiger partial charge in [0, 0.05) is 30.9 Å². The third kappa shape index (κ3) is 4.46. The molecule has 5 rings (SSSR count). The number of ether oxygens (including phenoxy) is 1. The Hall–Kier alpha value is -3.87. The first kappa shape index (κ1) is 21.9. The molecule has 3 aromatic carbocycles. The number of nitrogens with one attached hydrogen (secondary N) is 1. The number of amides is 2. The predicted octanol–water partition coefficient (Wildman–Crippen LogP) is 5.59. The van der Waals surface area contributed by atoms with Crippen molar-refractivity contribution in [2.45, 2.75) is 24.9 Å². The van der Waals surface area contributed by atoms with E-state index in [-0.39, 0.29) is 11.7 Å². The highest BCUT2D eigenvalue weighted by molar-refractivity contribution is 6.00. The first-order valence-electron chi connectivity index (χ1n) is 11.5. The third-order valence-electron chi connectivity index (χ3n) is 6.50. The molecule has 1 unspecified atom stereocenters. The lowest BCUT2D eigenvalue weighted by Crippen LogP contribution is -2.37. The smallest absolute Gasteiger partial charge is 0.415 e. The van der Waals surface area contributed by atoms with Crippen molar-refractivity contribution in [3.63, 3.8) is 0 Å². The van der Waals surface area contributed by atoms with E-state index in [9.17, 15) is 14.0 Å². The highest BCUT2D eigenvalue weighted by Gasteiger charge is 2.46. The Balaban J connectivity index is 1.30. The number of carbonyl (C=O) groups excluding carboxylic acids is 2. The molecular weight excluding hydrogens is 433 g/mol. The van der Waals surface area contributed by atoms with Crippen LogP contribution < -0.4 is 10.2 Å². The number of halogens is 1. The molecule has 7 heteroatoms. The van der Waals surface area contributed by atoms with Crippen molar-refractivity contribution in [1.82, 2.24) is 4.90 Å². The molecule has 2 aliphatic rings. The molecule has 0 bridgehead atoms. The summed E-state index contributed by atoms with van der Waals surface area (Å²) in [5.74, 6) is -0.396. The van der Waals surface area contributed by atoms with Crippen molar-refractivity contribution in [3.05, 3.63) is 90.2 Å². The Morgan fingerprint density at radius 1 is 0.912 bits per heavy atom. The van der Waals surface area contributed by atoms with E-state index in [1.165, 1.54) is 12.1 Å². The highest BCUT2D eigenvalue weighted by atomic mass is 19.1. The molecule has 0 aromatic heterocycles. The van der Waals surface area contributed by atoms with Gasteiger partial charge in [0.15, 0.2) is 0 Å². The minimum atomic E-state index is -0.650. The second kappa shape index (κ2) is 9.17. The van der Waals surface area contributed by atoms with Crippen molar-refractivity contribution in [1.29, 1.82) is 0 Å². The average molecular weight is 460 g/mol. The number of benzene rings is 3. The zero-order valence-corrected chi connectivity index (χ0v) is 18.7. The number of hydrogen-bond donors (Lipinski definition) is 1. The molecule has 0 aliphatic carbocycles. The van der Waals surface area contributed by atoms with E-state index >= 15 is 0 Å². The fourth-order valence-corrected chi connectivity index (χ4v) is 4.70. The lowest BCUT2D eigenvalue weighted by atomic mass is 9.95. The number of likely N-dealkylation sites (tertiary alicyclic amines) is 1. The Morgan fingerprint density at radius 3 is 2.44 bits per heavy atom. The van der Waals surface area contributed by atoms with Crippen molar-refractivity contribution in [2.24, 2.45) is 0 Å². The highest BCUT2D eigenvalue weighted by Crippen LogP contribution is 2.36. The van der Waals surface area contributed by atoms with E-state index in [1.54, 1.807) is 17.0 Å². The fourth-order valence-electron chi connectivity index (χ4n) is 4.70. The van der Waals surface area contributed by atoms with Gasteiger partial charge in [0.25, 0.3) is 5.91 Å². The van der Waals surface area contributed by atoms with Crippen molar-refractivity contribution in [3.8, 4) is 0 Å². The molecule has 6 nitrogen and oxygen atoms in total. The van der Waals surface area contributed by atoms with E-state index in [4.69, 9.17) is 4.74 Å². The molecule has 1 atom stereocenters. The van der Waals surface area contributed by atoms with Crippen molar-refractivity contribution < 1.29 is 18.7 Å². The minimum absolute atomic E-state index is 0.0456. The molecule has 34 heavy (non-hydrogen) atoms. The van der Waals surface area contributed by atoms with Crippen LogP contribution in [-0.2, 0) is 4.74 Å². The first-order chi connectivity index (χ1) is 16.5. The van der Waals surface area contributed by atoms with Crippen LogP contribution in [0.3, 0.4) is 0 Å². The van der Waals surface area contributed by atoms with Gasteiger partial charge in [0.05, 0.1) is 17.8 Å². The van der Waals surface area contributed by atoms with Crippen LogP contribution in [-0.4, -0.2) is 42.1 Å². The lowest BCUT2D eigenvalue weighted by Gasteiger charge is -2.26. The second-order valence-electron chi connectivity index (χ2n) is 8.80. The van der Waals surface area contributed by atoms with E-state index < -0.39 is 11.7 Å². The Morgan fingerprint density at radius 2 is 1.65 bits per heavy atom. The Labute approximate surface area is 197 Å². The van der Waals surface area contributed by atoms with Gasteiger partial charge in [-0.15, -0.1) is 0 Å². The number of para-hydroxylation sites is 2. The van der Waals surface area contributed by atoms with Gasteiger partial charge in [-0.2, -0.15) is 0 Å². The molecule has 1 spiro atoms. The van der Waals surface area contributed by atoms with Gasteiger partial charge in [-0.25, -0.2) is 9.18 Å². The van der Waals surface area contributed by atoms with Crippen molar-refractivity contribution in [2.75, 3.05) is 29.9 Å². The summed E-state index contributed by atoms with van der Waals surface area (Å²) in [4.78, 5) is 29.5. The van der Waals surface area contributed by atoms with Gasteiger partial charge in [0.2, 0.25) is 0 Å². The molecule has 0 saturated carbocycles. The van der Waals surface area contributed by atoms with Crippen LogP contribution in [0.15, 0.2) is 78.9 Å². The zero-order chi connectivity index (χ0) is 23.5. The van der Waals surface area contributed by atoms with E-state index in [2.05, 4.69) is 5.32 Å². The summed E-state index contributed by atoms with van der Waals surface area (Å²) >= 11 is 0. The average Bonchev–Trinajstić information content (AvgIpc) is 3.04. The van der Waals surface area contributed by atoms with Crippen LogP contribution in [0.1, 0.15) is 29.6 Å². The first-order valence-corrected chi connectivity index (χ1v) is 11.5. The van der Waals surface area contributed by atoms with Crippen LogP contribution in [0.5, 0.6) is 0 Å². The number of hydrogen-bond acceptors (Lipinski definition) is 4. The standard InChI is InChI=1S/C27H26FN3O3/c28-20-11-13-22(14-12-20)31-19-27(34-26(31)33)15-6-17-30(18-16-27)25(32)23-9-4-5-10-24(23)29-21-7-2-1-3-8-21/h1-5,7-14,29H,6,15-19H2. The normalized spacial score (nSPS) is 20.2. The molecule has 0 radical (unpaired) electrons. The Bertz CT molecular complexity index is 1190. The topological polar surface area (TPSA) is 61.9 Å². The van der Waals surface area contributed by atoms with Gasteiger partial charge in [-0.05, 0) is 61.4 Å². The molecule has 2 amide bonds. The van der Waals surface area contributed by atoms with Crippen LogP contribution in [0, 0.1) is 5.82 Å². The molecule has 2 heterocycles. The molecule has 174 valence electrons. The van der Waals surface area contributed by atoms with E-state index in [1.807, 2.05) is 59.5 Å². The molecule has 2 fully saturated rings. The SMILES string of the molecule is O=C(c1ccccc1Nc1ccccc1)N1CCCC2(CC1)CN(c1ccc(F)cc1)C(=O)O2. The molecule has 2 saturated heterocycles. The third-order valence-corrected chi connectivity index (χ3v) is 6.50. The van der Waals surface area contributed by atoms with Crippen LogP contribution >= 0.6 is 0 Å². The maximum Gasteiger partial charge on any atom is 0.415 e.